The Morgan fingerprint density at radius 3 is 1.82 bits per heavy atom. The van der Waals surface area contributed by atoms with Crippen LogP contribution in [0, 0.1) is 10.8 Å². The summed E-state index contributed by atoms with van der Waals surface area (Å²) in [6, 6.07) is 0. The molecule has 0 atom stereocenters. The monoisotopic (exact) mass is 346 g/mol. The summed E-state index contributed by atoms with van der Waals surface area (Å²) in [7, 11) is -5.96. The van der Waals surface area contributed by atoms with E-state index in [1.54, 1.807) is 27.7 Å². The summed E-state index contributed by atoms with van der Waals surface area (Å²) < 4.78 is 63.0. The summed E-state index contributed by atoms with van der Waals surface area (Å²) in [6.07, 6.45) is 0.621. The first-order valence-corrected chi connectivity index (χ1v) is 7.74. The Bertz CT molecular complexity index is 538. The third-order valence-corrected chi connectivity index (χ3v) is 4.84. The average Bonchev–Trinajstić information content (AvgIpc) is 2.36. The molecule has 0 fully saturated rings. The van der Waals surface area contributed by atoms with Crippen molar-refractivity contribution in [2.75, 3.05) is 6.79 Å². The second-order valence-electron chi connectivity index (χ2n) is 5.84. The van der Waals surface area contributed by atoms with Crippen LogP contribution in [0.15, 0.2) is 0 Å². The van der Waals surface area contributed by atoms with Gasteiger partial charge in [-0.15, -0.1) is 0 Å². The number of esters is 2. The lowest BCUT2D eigenvalue weighted by molar-refractivity contribution is -0.186. The van der Waals surface area contributed by atoms with Crippen LogP contribution in [0.2, 0.25) is 0 Å². The number of hydrogen-bond donors (Lipinski definition) is 1. The second kappa shape index (κ2) is 6.45. The van der Waals surface area contributed by atoms with E-state index in [-0.39, 0.29) is 0 Å². The molecule has 0 bridgehead atoms. The molecule has 0 unspecified atom stereocenters. The highest BCUT2D eigenvalue weighted by Crippen LogP contribution is 2.42. The number of carbonyl (C=O) groups excluding carboxylic acids is 2. The third-order valence-electron chi connectivity index (χ3n) is 4.03. The maximum Gasteiger partial charge on any atom is 0.465 e. The quantitative estimate of drug-likeness (QED) is 0.426. The van der Waals surface area contributed by atoms with Gasteiger partial charge in [0.15, 0.2) is 0 Å². The molecule has 1 N–H and O–H groups in total. The number of halogens is 2. The summed E-state index contributed by atoms with van der Waals surface area (Å²) in [5.41, 5.74) is -1.48. The molecule has 0 aromatic rings. The smallest absolute Gasteiger partial charge is 0.427 e. The molecule has 22 heavy (non-hydrogen) atoms. The van der Waals surface area contributed by atoms with Crippen LogP contribution in [-0.2, 0) is 29.2 Å². The summed E-state index contributed by atoms with van der Waals surface area (Å²) in [5, 5.41) is -5.13. The molecule has 0 radical (unpaired) electrons. The van der Waals surface area contributed by atoms with Crippen LogP contribution in [0.3, 0.4) is 0 Å². The van der Waals surface area contributed by atoms with Crippen molar-refractivity contribution in [1.82, 2.24) is 0 Å². The van der Waals surface area contributed by atoms with E-state index in [9.17, 15) is 26.8 Å². The summed E-state index contributed by atoms with van der Waals surface area (Å²) in [5.74, 6) is -3.34. The van der Waals surface area contributed by atoms with Crippen molar-refractivity contribution in [1.29, 1.82) is 0 Å². The van der Waals surface area contributed by atoms with Crippen LogP contribution in [-0.4, -0.2) is 37.0 Å². The van der Waals surface area contributed by atoms with E-state index in [2.05, 4.69) is 9.47 Å². The van der Waals surface area contributed by atoms with Crippen molar-refractivity contribution in [2.45, 2.75) is 46.3 Å². The minimum atomic E-state index is -5.96. The Balaban J connectivity index is 4.75. The number of ether oxygens (including phenoxy) is 2. The first kappa shape index (κ1) is 20.7. The lowest BCUT2D eigenvalue weighted by atomic mass is 9.66. The van der Waals surface area contributed by atoms with Crippen molar-refractivity contribution in [3.05, 3.63) is 0 Å². The maximum absolute atomic E-state index is 12.9. The largest absolute Gasteiger partial charge is 0.465 e. The summed E-state index contributed by atoms with van der Waals surface area (Å²) in [4.78, 5) is 22.8. The van der Waals surface area contributed by atoms with E-state index in [0.29, 0.717) is 6.42 Å². The Morgan fingerprint density at radius 1 is 1.05 bits per heavy atom. The van der Waals surface area contributed by atoms with Gasteiger partial charge in [-0.2, -0.15) is 17.2 Å². The first-order valence-electron chi connectivity index (χ1n) is 6.30. The van der Waals surface area contributed by atoms with Gasteiger partial charge < -0.3 is 9.47 Å². The molecule has 0 spiro atoms. The van der Waals surface area contributed by atoms with E-state index in [4.69, 9.17) is 4.55 Å². The molecule has 0 aliphatic carbocycles. The molecule has 130 valence electrons. The van der Waals surface area contributed by atoms with Crippen LogP contribution >= 0.6 is 0 Å². The maximum atomic E-state index is 12.9. The first-order chi connectivity index (χ1) is 9.61. The van der Waals surface area contributed by atoms with Crippen LogP contribution in [0.1, 0.15) is 41.0 Å². The lowest BCUT2D eigenvalue weighted by Crippen LogP contribution is -2.42. The van der Waals surface area contributed by atoms with E-state index >= 15 is 0 Å². The third kappa shape index (κ3) is 4.13. The van der Waals surface area contributed by atoms with Crippen molar-refractivity contribution < 1.29 is 40.8 Å². The van der Waals surface area contributed by atoms with Gasteiger partial charge in [-0.1, -0.05) is 20.8 Å². The molecule has 0 amide bonds. The molecule has 0 saturated carbocycles. The average molecular weight is 346 g/mol. The molecule has 0 aromatic heterocycles. The van der Waals surface area contributed by atoms with Gasteiger partial charge in [0.1, 0.15) is 0 Å². The fourth-order valence-electron chi connectivity index (χ4n) is 1.22. The van der Waals surface area contributed by atoms with Crippen molar-refractivity contribution >= 4 is 22.1 Å². The number of rotatable bonds is 7. The molecular weight excluding hydrogens is 326 g/mol. The topological polar surface area (TPSA) is 107 Å². The Hall–Kier alpha value is -1.29. The van der Waals surface area contributed by atoms with Crippen LogP contribution in [0.25, 0.3) is 0 Å². The predicted molar refractivity (Wildman–Crippen MR) is 71.4 cm³/mol. The molecule has 0 aromatic carbocycles. The highest BCUT2D eigenvalue weighted by atomic mass is 32.2. The number of carbonyl (C=O) groups is 2. The highest BCUT2D eigenvalue weighted by Gasteiger charge is 2.54. The van der Waals surface area contributed by atoms with Crippen molar-refractivity contribution in [2.24, 2.45) is 10.8 Å². The van der Waals surface area contributed by atoms with E-state index in [0.717, 1.165) is 0 Å². The van der Waals surface area contributed by atoms with Crippen LogP contribution in [0.4, 0.5) is 8.78 Å². The molecule has 0 aliphatic heterocycles. The van der Waals surface area contributed by atoms with Crippen LogP contribution < -0.4 is 0 Å². The highest BCUT2D eigenvalue weighted by molar-refractivity contribution is 7.87. The van der Waals surface area contributed by atoms with Crippen molar-refractivity contribution in [3.8, 4) is 0 Å². The number of alkyl halides is 2. The molecule has 0 aliphatic rings. The van der Waals surface area contributed by atoms with Gasteiger partial charge >= 0.3 is 27.3 Å². The molecule has 0 heterocycles. The zero-order valence-electron chi connectivity index (χ0n) is 13.0. The van der Waals surface area contributed by atoms with Gasteiger partial charge in [0.05, 0.1) is 5.41 Å². The van der Waals surface area contributed by atoms with E-state index in [1.165, 1.54) is 0 Å². The second-order valence-corrected chi connectivity index (χ2v) is 7.30. The number of hydrogen-bond acceptors (Lipinski definition) is 6. The van der Waals surface area contributed by atoms with E-state index < -0.39 is 44.9 Å². The summed E-state index contributed by atoms with van der Waals surface area (Å²) in [6.45, 7) is 7.41. The molecule has 0 rings (SSSR count). The standard InChI is InChI=1S/C12H20F2O7S/c1-6-10(2,3)11(4,5)8(15)20-7-21-9(16)12(13,14)22(17,18)19/h6-7H2,1-5H3,(H,17,18,19). The van der Waals surface area contributed by atoms with Gasteiger partial charge in [0.25, 0.3) is 0 Å². The van der Waals surface area contributed by atoms with E-state index in [1.807, 2.05) is 6.92 Å². The van der Waals surface area contributed by atoms with Gasteiger partial charge in [-0.05, 0) is 25.7 Å². The van der Waals surface area contributed by atoms with Crippen molar-refractivity contribution in [3.63, 3.8) is 0 Å². The molecular formula is C12H20F2O7S. The normalized spacial score (nSPS) is 13.6. The fourth-order valence-corrected chi connectivity index (χ4v) is 1.49. The lowest BCUT2D eigenvalue weighted by Gasteiger charge is -2.38. The minimum Gasteiger partial charge on any atom is -0.427 e. The van der Waals surface area contributed by atoms with Gasteiger partial charge in [0, 0.05) is 0 Å². The predicted octanol–water partition coefficient (Wildman–Crippen LogP) is 1.97. The molecule has 0 saturated heterocycles. The van der Waals surface area contributed by atoms with Gasteiger partial charge in [-0.3, -0.25) is 9.35 Å². The minimum absolute atomic E-state index is 0.480. The van der Waals surface area contributed by atoms with Gasteiger partial charge in [0.2, 0.25) is 6.79 Å². The Labute approximate surface area is 127 Å². The fraction of sp³-hybridized carbons (Fsp3) is 0.833. The Morgan fingerprint density at radius 2 is 1.45 bits per heavy atom. The van der Waals surface area contributed by atoms with Crippen LogP contribution in [0.5, 0.6) is 0 Å². The Kier molecular flexibility index (Phi) is 6.07. The SMILES string of the molecule is CCC(C)(C)C(C)(C)C(=O)OCOC(=O)C(F)(F)S(=O)(=O)O. The molecule has 10 heteroatoms. The molecule has 7 nitrogen and oxygen atoms in total. The summed E-state index contributed by atoms with van der Waals surface area (Å²) >= 11 is 0. The zero-order valence-corrected chi connectivity index (χ0v) is 13.8. The zero-order chi connectivity index (χ0) is 18.0. The van der Waals surface area contributed by atoms with Gasteiger partial charge in [-0.25, -0.2) is 4.79 Å².